The van der Waals surface area contributed by atoms with Crippen LogP contribution in [0.25, 0.3) is 53.7 Å². The molecule has 0 radical (unpaired) electrons. The molecule has 1 fully saturated rings. The van der Waals surface area contributed by atoms with Crippen LogP contribution >= 0.6 is 46.6 Å². The Balaban J connectivity index is 0.725. The van der Waals surface area contributed by atoms with Crippen molar-refractivity contribution in [2.75, 3.05) is 4.90 Å². The van der Waals surface area contributed by atoms with Gasteiger partial charge in [0.05, 0.1) is 26.9 Å². The van der Waals surface area contributed by atoms with E-state index in [4.69, 9.17) is 9.72 Å². The first-order valence-corrected chi connectivity index (χ1v) is 27.4. The first-order valence-electron chi connectivity index (χ1n) is 24.2. The highest BCUT2D eigenvalue weighted by atomic mass is 32.2. The fraction of sp³-hybridized carbons (Fsp3) is 0.131. The Morgan fingerprint density at radius 1 is 0.500 bits per heavy atom. The van der Waals surface area contributed by atoms with Crippen LogP contribution in [0.3, 0.4) is 0 Å². The van der Waals surface area contributed by atoms with Gasteiger partial charge in [0.2, 0.25) is 0 Å². The summed E-state index contributed by atoms with van der Waals surface area (Å²) in [5.41, 5.74) is 7.45. The van der Waals surface area contributed by atoms with E-state index >= 15 is 26.3 Å². The summed E-state index contributed by atoms with van der Waals surface area (Å²) < 4.78 is 108. The molecule has 2 aliphatic heterocycles. The fourth-order valence-corrected chi connectivity index (χ4v) is 15.4. The van der Waals surface area contributed by atoms with Crippen molar-refractivity contribution in [2.45, 2.75) is 47.7 Å². The van der Waals surface area contributed by atoms with Crippen LogP contribution < -0.4 is 9.64 Å². The summed E-state index contributed by atoms with van der Waals surface area (Å²) in [6, 6.07) is 57.1. The summed E-state index contributed by atoms with van der Waals surface area (Å²) in [6.45, 7) is 3.64. The number of ether oxygens (including phenoxy) is 1. The standard InChI is InChI=1S/C61H40F6N4OS4/c1-57-46(52-53(60(64,65)61(66,67)59(52,62)63)47-33-51(75-58(47,57)2)49-31-30-48(73-49)38-12-6-3-7-13-38)32-50(74-57)39-24-28-44(29-25-39)72-35-36-18-20-37(21-19-36)45-34-68-54(56-55(45)69-76-70-56)40-22-26-43(27-23-40)71(41-14-8-4-9-15-41)42-16-10-5-11-17-42/h3-34H,35H2,1-2H3. The number of anilines is 3. The number of pyridine rings is 1. The lowest BCUT2D eigenvalue weighted by Crippen LogP contribution is -2.48. The number of alkyl halides is 6. The number of hydrogen-bond acceptors (Lipinski definition) is 9. The number of nitrogens with zero attached hydrogens (tertiary/aromatic N) is 4. The molecular formula is C61H40F6N4OS4. The highest BCUT2D eigenvalue weighted by Crippen LogP contribution is 2.75. The molecule has 4 aliphatic rings. The zero-order valence-electron chi connectivity index (χ0n) is 40.3. The van der Waals surface area contributed by atoms with Gasteiger partial charge < -0.3 is 9.64 Å². The Morgan fingerprint density at radius 3 is 1.63 bits per heavy atom. The molecule has 3 aromatic heterocycles. The van der Waals surface area contributed by atoms with Crippen molar-refractivity contribution in [3.8, 4) is 38.6 Å². The van der Waals surface area contributed by atoms with E-state index in [1.165, 1.54) is 47.0 Å². The Morgan fingerprint density at radius 2 is 1.01 bits per heavy atom. The molecule has 5 nitrogen and oxygen atoms in total. The van der Waals surface area contributed by atoms with E-state index in [2.05, 4.69) is 62.2 Å². The molecule has 0 N–H and O–H groups in total. The summed E-state index contributed by atoms with van der Waals surface area (Å²) in [5.74, 6) is -15.3. The summed E-state index contributed by atoms with van der Waals surface area (Å²) in [4.78, 5) is 9.83. The number of fused-ring (bicyclic) bond motifs is 5. The number of benzene rings is 6. The number of halogens is 6. The van der Waals surface area contributed by atoms with Crippen molar-refractivity contribution in [2.24, 2.45) is 0 Å². The highest BCUT2D eigenvalue weighted by molar-refractivity contribution is 8.14. The van der Waals surface area contributed by atoms with Gasteiger partial charge in [0, 0.05) is 65.1 Å². The van der Waals surface area contributed by atoms with Gasteiger partial charge in [0.15, 0.2) is 0 Å². The molecule has 0 amide bonds. The summed E-state index contributed by atoms with van der Waals surface area (Å²) in [5, 5.41) is 0. The minimum absolute atomic E-state index is 0.194. The van der Waals surface area contributed by atoms with E-state index in [1.807, 2.05) is 109 Å². The first kappa shape index (κ1) is 48.5. The molecule has 9 aromatic rings. The molecule has 0 spiro atoms. The maximum absolute atomic E-state index is 16.1. The van der Waals surface area contributed by atoms with Gasteiger partial charge in [0.1, 0.15) is 23.4 Å². The summed E-state index contributed by atoms with van der Waals surface area (Å²) >= 11 is 5.06. The number of aromatic nitrogens is 3. The van der Waals surface area contributed by atoms with E-state index in [0.717, 1.165) is 77.6 Å². The molecule has 0 bridgehead atoms. The number of rotatable bonds is 11. The van der Waals surface area contributed by atoms with Gasteiger partial charge in [-0.1, -0.05) is 115 Å². The highest BCUT2D eigenvalue weighted by Gasteiger charge is 2.84. The molecule has 5 heterocycles. The molecular weight excluding hydrogens is 1050 g/mol. The van der Waals surface area contributed by atoms with E-state index < -0.39 is 38.4 Å². The molecule has 376 valence electrons. The van der Waals surface area contributed by atoms with Gasteiger partial charge in [0.25, 0.3) is 0 Å². The fourth-order valence-electron chi connectivity index (χ4n) is 10.6. The van der Waals surface area contributed by atoms with E-state index in [9.17, 15) is 0 Å². The van der Waals surface area contributed by atoms with Crippen LogP contribution in [-0.4, -0.2) is 41.0 Å². The van der Waals surface area contributed by atoms with Crippen LogP contribution in [0.4, 0.5) is 43.4 Å². The molecule has 1 saturated carbocycles. The first-order chi connectivity index (χ1) is 36.7. The smallest absolute Gasteiger partial charge is 0.380 e. The Kier molecular flexibility index (Phi) is 11.5. The number of thiophene rings is 1. The largest absolute Gasteiger partial charge is 0.489 e. The average Bonchev–Trinajstić information content (AvgIpc) is 3.85. The lowest BCUT2D eigenvalue weighted by atomic mass is 9.71. The van der Waals surface area contributed by atoms with Gasteiger partial charge in [-0.15, -0.1) is 34.9 Å². The summed E-state index contributed by atoms with van der Waals surface area (Å²) in [7, 11) is 0. The van der Waals surface area contributed by atoms with Crippen LogP contribution in [0.15, 0.2) is 217 Å². The third kappa shape index (κ3) is 7.48. The predicted octanol–water partition coefficient (Wildman–Crippen LogP) is 18.1. The molecule has 6 aromatic carbocycles. The molecule has 2 aliphatic carbocycles. The number of hydrogen-bond donors (Lipinski definition) is 0. The maximum Gasteiger partial charge on any atom is 0.380 e. The topological polar surface area (TPSA) is 51.1 Å². The number of para-hydroxylation sites is 2. The second kappa shape index (κ2) is 18.0. The van der Waals surface area contributed by atoms with Crippen LogP contribution in [0.2, 0.25) is 0 Å². The number of allylic oxidation sites excluding steroid dienone is 4. The number of thioether (sulfide) groups is 2. The van der Waals surface area contributed by atoms with Crippen molar-refractivity contribution in [1.29, 1.82) is 0 Å². The van der Waals surface area contributed by atoms with Crippen molar-refractivity contribution >= 4 is 84.5 Å². The summed E-state index contributed by atoms with van der Waals surface area (Å²) in [6.07, 6.45) is 4.67. The average molecular weight is 1090 g/mol. The minimum atomic E-state index is -5.64. The zero-order valence-corrected chi connectivity index (χ0v) is 43.5. The van der Waals surface area contributed by atoms with Crippen LogP contribution in [0.5, 0.6) is 5.75 Å². The second-order valence-electron chi connectivity index (χ2n) is 19.2. The predicted molar refractivity (Wildman–Crippen MR) is 298 cm³/mol. The Hall–Kier alpha value is -7.17. The monoisotopic (exact) mass is 1090 g/mol. The molecule has 15 heteroatoms. The van der Waals surface area contributed by atoms with E-state index in [-0.39, 0.29) is 17.8 Å². The van der Waals surface area contributed by atoms with Gasteiger partial charge in [-0.2, -0.15) is 35.1 Å². The molecule has 13 rings (SSSR count). The van der Waals surface area contributed by atoms with E-state index in [0.29, 0.717) is 26.6 Å². The van der Waals surface area contributed by atoms with Gasteiger partial charge in [-0.3, -0.25) is 4.98 Å². The Labute approximate surface area is 450 Å². The molecule has 2 unspecified atom stereocenters. The van der Waals surface area contributed by atoms with Crippen molar-refractivity contribution in [3.63, 3.8) is 0 Å². The minimum Gasteiger partial charge on any atom is -0.489 e. The van der Waals surface area contributed by atoms with Crippen LogP contribution in [-0.2, 0) is 6.61 Å². The third-order valence-electron chi connectivity index (χ3n) is 14.8. The lowest BCUT2D eigenvalue weighted by molar-refractivity contribution is -0.258. The van der Waals surface area contributed by atoms with Gasteiger partial charge in [-0.05, 0) is 120 Å². The maximum atomic E-state index is 16.1. The SMILES string of the molecule is CC12SC(c3ccc(OCc4ccc(-c5cnc(-c6ccc(N(c7ccccc7)c7ccccc7)cc6)c6nsnc56)cc4)cc3)=CC1=C1C(=C3C=C(c4ccc(-c5ccccc5)s4)SC32C)C(F)(F)C(F)(F)C1(F)F. The third-order valence-corrected chi connectivity index (χ3v) is 19.9. The Bertz CT molecular complexity index is 3840. The quantitative estimate of drug-likeness (QED) is 0.120. The normalized spacial score (nSPS) is 20.8. The molecule has 2 atom stereocenters. The van der Waals surface area contributed by atoms with Gasteiger partial charge in [-0.25, -0.2) is 0 Å². The van der Waals surface area contributed by atoms with Crippen molar-refractivity contribution < 1.29 is 31.1 Å². The van der Waals surface area contributed by atoms with Crippen LogP contribution in [0.1, 0.15) is 29.9 Å². The lowest BCUT2D eigenvalue weighted by Gasteiger charge is -2.47. The van der Waals surface area contributed by atoms with Crippen LogP contribution in [0, 0.1) is 0 Å². The molecule has 0 saturated heterocycles. The van der Waals surface area contributed by atoms with E-state index in [1.54, 1.807) is 38.1 Å². The molecule has 76 heavy (non-hydrogen) atoms. The van der Waals surface area contributed by atoms with Gasteiger partial charge >= 0.3 is 17.8 Å². The zero-order chi connectivity index (χ0) is 52.2. The van der Waals surface area contributed by atoms with Crippen molar-refractivity contribution in [1.82, 2.24) is 13.7 Å². The second-order valence-corrected chi connectivity index (χ2v) is 23.7. The van der Waals surface area contributed by atoms with Crippen molar-refractivity contribution in [3.05, 3.63) is 233 Å².